The van der Waals surface area contributed by atoms with E-state index in [0.717, 1.165) is 27.8 Å². The molecule has 0 amide bonds. The van der Waals surface area contributed by atoms with Crippen molar-refractivity contribution in [3.05, 3.63) is 102 Å². The lowest BCUT2D eigenvalue weighted by Gasteiger charge is -2.08. The van der Waals surface area contributed by atoms with Gasteiger partial charge in [-0.05, 0) is 46.4 Å². The smallest absolute Gasteiger partial charge is 0.344 e. The summed E-state index contributed by atoms with van der Waals surface area (Å²) in [5.74, 6) is -0.846. The SMILES string of the molecule is O=C(O)CCc1ccc(-c2ccccc2C=Cc2ccc(OC(F)=C(F)F)cc2)cc1. The van der Waals surface area contributed by atoms with Gasteiger partial charge in [0, 0.05) is 6.42 Å². The Kier molecular flexibility index (Phi) is 7.27. The molecule has 0 atom stereocenters. The van der Waals surface area contributed by atoms with E-state index in [1.807, 2.05) is 60.7 Å². The van der Waals surface area contributed by atoms with Crippen LogP contribution >= 0.6 is 0 Å². The zero-order valence-corrected chi connectivity index (χ0v) is 16.4. The molecular formula is C25H19F3O3. The number of benzene rings is 3. The van der Waals surface area contributed by atoms with Crippen LogP contribution in [-0.4, -0.2) is 11.1 Å². The van der Waals surface area contributed by atoms with Crippen LogP contribution in [-0.2, 0) is 11.2 Å². The average Bonchev–Trinajstić information content (AvgIpc) is 2.77. The van der Waals surface area contributed by atoms with Crippen molar-refractivity contribution in [3.63, 3.8) is 0 Å². The quantitative estimate of drug-likeness (QED) is 0.314. The van der Waals surface area contributed by atoms with Gasteiger partial charge in [0.25, 0.3) is 0 Å². The van der Waals surface area contributed by atoms with Crippen molar-refractivity contribution < 1.29 is 27.8 Å². The van der Waals surface area contributed by atoms with Crippen molar-refractivity contribution in [1.29, 1.82) is 0 Å². The summed E-state index contributed by atoms with van der Waals surface area (Å²) in [7, 11) is 0. The van der Waals surface area contributed by atoms with E-state index in [9.17, 15) is 18.0 Å². The number of aliphatic carboxylic acids is 1. The van der Waals surface area contributed by atoms with Gasteiger partial charge in [-0.15, -0.1) is 0 Å². The lowest BCUT2D eigenvalue weighted by Crippen LogP contribution is -1.97. The maximum absolute atomic E-state index is 12.9. The van der Waals surface area contributed by atoms with E-state index in [4.69, 9.17) is 5.11 Å². The Morgan fingerprint density at radius 3 is 2.19 bits per heavy atom. The van der Waals surface area contributed by atoms with E-state index in [-0.39, 0.29) is 12.2 Å². The summed E-state index contributed by atoms with van der Waals surface area (Å²) >= 11 is 0. The van der Waals surface area contributed by atoms with Crippen molar-refractivity contribution in [1.82, 2.24) is 0 Å². The monoisotopic (exact) mass is 424 g/mol. The first-order valence-electron chi connectivity index (χ1n) is 9.49. The van der Waals surface area contributed by atoms with Gasteiger partial charge in [0.05, 0.1) is 0 Å². The molecule has 0 aliphatic heterocycles. The molecule has 31 heavy (non-hydrogen) atoms. The standard InChI is InChI=1S/C25H19F3O3/c26-24(27)25(28)31-21-14-8-18(9-15-21)5-11-19-3-1-2-4-22(19)20-12-6-17(7-13-20)10-16-23(29)30/h1-9,11-15H,10,16H2,(H,29,30). The molecule has 0 spiro atoms. The Hall–Kier alpha value is -3.80. The number of carbonyl (C=O) groups is 1. The molecule has 0 bridgehead atoms. The second-order valence-electron chi connectivity index (χ2n) is 6.72. The van der Waals surface area contributed by atoms with Gasteiger partial charge >= 0.3 is 18.1 Å². The summed E-state index contributed by atoms with van der Waals surface area (Å²) < 4.78 is 41.5. The highest BCUT2D eigenvalue weighted by Crippen LogP contribution is 2.26. The molecule has 0 saturated carbocycles. The Morgan fingerprint density at radius 1 is 0.871 bits per heavy atom. The number of ether oxygens (including phenoxy) is 1. The van der Waals surface area contributed by atoms with Crippen molar-refractivity contribution >= 4 is 18.1 Å². The zero-order valence-electron chi connectivity index (χ0n) is 16.4. The number of halogens is 3. The second kappa shape index (κ2) is 10.3. The maximum atomic E-state index is 12.9. The fourth-order valence-electron chi connectivity index (χ4n) is 2.98. The largest absolute Gasteiger partial charge is 0.481 e. The van der Waals surface area contributed by atoms with Crippen molar-refractivity contribution in [2.75, 3.05) is 0 Å². The van der Waals surface area contributed by atoms with E-state index in [2.05, 4.69) is 4.74 Å². The third kappa shape index (κ3) is 6.34. The number of aryl methyl sites for hydroxylation is 1. The molecule has 3 aromatic rings. The van der Waals surface area contributed by atoms with Crippen LogP contribution in [0.4, 0.5) is 13.2 Å². The number of carboxylic acids is 1. The Bertz CT molecular complexity index is 1100. The molecule has 0 saturated heterocycles. The number of hydrogen-bond acceptors (Lipinski definition) is 2. The molecular weight excluding hydrogens is 405 g/mol. The summed E-state index contributed by atoms with van der Waals surface area (Å²) in [5.41, 5.74) is 4.72. The minimum atomic E-state index is -2.50. The van der Waals surface area contributed by atoms with Gasteiger partial charge in [-0.1, -0.05) is 72.8 Å². The van der Waals surface area contributed by atoms with Crippen LogP contribution in [0, 0.1) is 0 Å². The molecule has 0 fully saturated rings. The van der Waals surface area contributed by atoms with Gasteiger partial charge in [0.1, 0.15) is 5.75 Å². The van der Waals surface area contributed by atoms with Gasteiger partial charge in [-0.2, -0.15) is 13.2 Å². The predicted octanol–water partition coefficient (Wildman–Crippen LogP) is 6.96. The first kappa shape index (κ1) is 21.9. The van der Waals surface area contributed by atoms with Gasteiger partial charge in [-0.25, -0.2) is 0 Å². The van der Waals surface area contributed by atoms with E-state index in [0.29, 0.717) is 6.42 Å². The molecule has 6 heteroatoms. The van der Waals surface area contributed by atoms with Crippen LogP contribution in [0.2, 0.25) is 0 Å². The summed E-state index contributed by atoms with van der Waals surface area (Å²) in [6.07, 6.45) is 1.84. The Labute approximate surface area is 177 Å². The van der Waals surface area contributed by atoms with Crippen LogP contribution in [0.15, 0.2) is 84.9 Å². The minimum absolute atomic E-state index is 0.0224. The van der Waals surface area contributed by atoms with Gasteiger partial charge in [0.15, 0.2) is 0 Å². The highest BCUT2D eigenvalue weighted by molar-refractivity contribution is 5.81. The van der Waals surface area contributed by atoms with E-state index in [1.165, 1.54) is 12.1 Å². The molecule has 3 aromatic carbocycles. The second-order valence-corrected chi connectivity index (χ2v) is 6.72. The van der Waals surface area contributed by atoms with Crippen LogP contribution in [0.5, 0.6) is 5.75 Å². The van der Waals surface area contributed by atoms with Crippen molar-refractivity contribution in [2.24, 2.45) is 0 Å². The van der Waals surface area contributed by atoms with Crippen LogP contribution in [0.1, 0.15) is 23.1 Å². The van der Waals surface area contributed by atoms with Gasteiger partial charge in [0.2, 0.25) is 0 Å². The molecule has 0 heterocycles. The Morgan fingerprint density at radius 2 is 1.55 bits per heavy atom. The number of carboxylic acid groups (broad SMARTS) is 1. The van der Waals surface area contributed by atoms with Gasteiger partial charge < -0.3 is 9.84 Å². The molecule has 0 aromatic heterocycles. The first-order chi connectivity index (χ1) is 14.9. The van der Waals surface area contributed by atoms with Crippen LogP contribution in [0.25, 0.3) is 23.3 Å². The zero-order chi connectivity index (χ0) is 22.2. The first-order valence-corrected chi connectivity index (χ1v) is 9.49. The lowest BCUT2D eigenvalue weighted by atomic mass is 9.97. The predicted molar refractivity (Wildman–Crippen MR) is 114 cm³/mol. The van der Waals surface area contributed by atoms with Crippen LogP contribution < -0.4 is 4.74 Å². The van der Waals surface area contributed by atoms with Crippen molar-refractivity contribution in [3.8, 4) is 16.9 Å². The molecule has 0 aliphatic rings. The fourth-order valence-corrected chi connectivity index (χ4v) is 2.98. The fraction of sp³-hybridized carbons (Fsp3) is 0.0800. The lowest BCUT2D eigenvalue weighted by molar-refractivity contribution is -0.136. The number of hydrogen-bond donors (Lipinski definition) is 1. The molecule has 0 aliphatic carbocycles. The summed E-state index contributed by atoms with van der Waals surface area (Å²) in [6.45, 7) is 0. The average molecular weight is 424 g/mol. The molecule has 0 unspecified atom stereocenters. The van der Waals surface area contributed by atoms with E-state index < -0.39 is 18.1 Å². The highest BCUT2D eigenvalue weighted by atomic mass is 19.3. The molecule has 3 rings (SSSR count). The molecule has 0 radical (unpaired) electrons. The molecule has 1 N–H and O–H groups in total. The summed E-state index contributed by atoms with van der Waals surface area (Å²) in [4.78, 5) is 10.7. The maximum Gasteiger partial charge on any atom is 0.344 e. The Balaban J connectivity index is 1.75. The van der Waals surface area contributed by atoms with Crippen LogP contribution in [0.3, 0.4) is 0 Å². The van der Waals surface area contributed by atoms with E-state index >= 15 is 0 Å². The highest BCUT2D eigenvalue weighted by Gasteiger charge is 2.07. The number of rotatable bonds is 8. The molecule has 3 nitrogen and oxygen atoms in total. The normalized spacial score (nSPS) is 10.8. The third-order valence-corrected chi connectivity index (χ3v) is 4.54. The summed E-state index contributed by atoms with van der Waals surface area (Å²) in [6, 6.07) is 19.7. The summed E-state index contributed by atoms with van der Waals surface area (Å²) in [5, 5.41) is 8.81. The minimum Gasteiger partial charge on any atom is -0.481 e. The third-order valence-electron chi connectivity index (χ3n) is 4.54. The molecule has 158 valence electrons. The van der Waals surface area contributed by atoms with Gasteiger partial charge in [-0.3, -0.25) is 4.79 Å². The van der Waals surface area contributed by atoms with E-state index in [1.54, 1.807) is 12.1 Å². The van der Waals surface area contributed by atoms with Crippen molar-refractivity contribution in [2.45, 2.75) is 12.8 Å². The topological polar surface area (TPSA) is 46.5 Å².